The molecule has 0 bridgehead atoms. The Kier molecular flexibility index (Phi) is 3.32. The molecule has 2 aliphatic rings. The number of benzene rings is 1. The Morgan fingerprint density at radius 2 is 2.00 bits per heavy atom. The molecule has 1 fully saturated rings. The van der Waals surface area contributed by atoms with Gasteiger partial charge in [0.05, 0.1) is 17.7 Å². The summed E-state index contributed by atoms with van der Waals surface area (Å²) in [6.07, 6.45) is 0. The smallest absolute Gasteiger partial charge is 0.355 e. The average Bonchev–Trinajstić information content (AvgIpc) is 3.01. The normalized spacial score (nSPS) is 25.2. The van der Waals surface area contributed by atoms with Crippen molar-refractivity contribution < 1.29 is 24.0 Å². The molecule has 2 aliphatic heterocycles. The summed E-state index contributed by atoms with van der Waals surface area (Å²) in [6, 6.07) is 4.98. The number of carbonyl (C=O) groups excluding carboxylic acids is 3. The summed E-state index contributed by atoms with van der Waals surface area (Å²) >= 11 is 0. The zero-order valence-corrected chi connectivity index (χ0v) is 12.7. The number of fused-ring (bicyclic) bond motifs is 1. The molecule has 1 aromatic carbocycles. The van der Waals surface area contributed by atoms with Crippen LogP contribution in [0.3, 0.4) is 0 Å². The van der Waals surface area contributed by atoms with E-state index in [2.05, 4.69) is 15.3 Å². The van der Waals surface area contributed by atoms with Gasteiger partial charge in [0, 0.05) is 12.1 Å². The summed E-state index contributed by atoms with van der Waals surface area (Å²) in [5, 5.41) is 14.5. The largest absolute Gasteiger partial charge is 0.464 e. The van der Waals surface area contributed by atoms with Crippen LogP contribution in [-0.2, 0) is 19.1 Å². The summed E-state index contributed by atoms with van der Waals surface area (Å²) in [6.45, 7) is 1.46. The van der Waals surface area contributed by atoms with Crippen LogP contribution in [-0.4, -0.2) is 41.1 Å². The first-order valence-electron chi connectivity index (χ1n) is 6.87. The third-order valence-corrected chi connectivity index (χ3v) is 4.09. The summed E-state index contributed by atoms with van der Waals surface area (Å²) in [5.41, 5.74) is 0.969. The maximum absolute atomic E-state index is 12.7. The third kappa shape index (κ3) is 1.96. The molecule has 0 aromatic heterocycles. The Balaban J connectivity index is 1.99. The minimum atomic E-state index is -1.40. The lowest BCUT2D eigenvalue weighted by molar-refractivity contribution is -0.384. The molecule has 0 radical (unpaired) electrons. The van der Waals surface area contributed by atoms with E-state index in [9.17, 15) is 24.5 Å². The van der Waals surface area contributed by atoms with Gasteiger partial charge in [0.1, 0.15) is 11.5 Å². The molecule has 10 nitrogen and oxygen atoms in total. The van der Waals surface area contributed by atoms with Crippen molar-refractivity contribution in [1.29, 1.82) is 0 Å². The van der Waals surface area contributed by atoms with Gasteiger partial charge in [0.25, 0.3) is 11.6 Å². The summed E-state index contributed by atoms with van der Waals surface area (Å²) in [5.74, 6) is -3.17. The number of nitrogens with zero attached hydrogens (tertiary/aromatic N) is 3. The van der Waals surface area contributed by atoms with Gasteiger partial charge in [-0.05, 0) is 19.1 Å². The second kappa shape index (κ2) is 5.11. The molecule has 24 heavy (non-hydrogen) atoms. The zero-order chi connectivity index (χ0) is 17.6. The van der Waals surface area contributed by atoms with Crippen molar-refractivity contribution >= 4 is 34.9 Å². The van der Waals surface area contributed by atoms with E-state index in [1.807, 2.05) is 0 Å². The van der Waals surface area contributed by atoms with Crippen molar-refractivity contribution in [2.24, 2.45) is 11.0 Å². The SMILES string of the molecule is COC(=O)C1=NNC2(C)C(=O)N(c3ccc([N+](=O)[O-])cc3)C(=O)C12. The van der Waals surface area contributed by atoms with E-state index in [1.165, 1.54) is 31.2 Å². The number of non-ortho nitro benzene ring substituents is 1. The number of ether oxygens (including phenoxy) is 1. The van der Waals surface area contributed by atoms with Gasteiger partial charge in [-0.25, -0.2) is 9.69 Å². The highest BCUT2D eigenvalue weighted by atomic mass is 16.6. The van der Waals surface area contributed by atoms with Crippen molar-refractivity contribution in [3.05, 3.63) is 34.4 Å². The topological polar surface area (TPSA) is 131 Å². The van der Waals surface area contributed by atoms with E-state index in [1.54, 1.807) is 0 Å². The molecule has 1 saturated heterocycles. The minimum Gasteiger partial charge on any atom is -0.464 e. The van der Waals surface area contributed by atoms with Gasteiger partial charge in [-0.1, -0.05) is 0 Å². The second-order valence-electron chi connectivity index (χ2n) is 5.49. The fraction of sp³-hybridized carbons (Fsp3) is 0.286. The number of hydrogen-bond donors (Lipinski definition) is 1. The van der Waals surface area contributed by atoms with E-state index in [0.717, 1.165) is 12.0 Å². The molecule has 0 saturated carbocycles. The van der Waals surface area contributed by atoms with Gasteiger partial charge in [0.2, 0.25) is 5.91 Å². The lowest BCUT2D eigenvalue weighted by Crippen LogP contribution is -2.48. The van der Waals surface area contributed by atoms with Crippen LogP contribution in [0.2, 0.25) is 0 Å². The van der Waals surface area contributed by atoms with Crippen molar-refractivity contribution in [1.82, 2.24) is 5.43 Å². The third-order valence-electron chi connectivity index (χ3n) is 4.09. The van der Waals surface area contributed by atoms with E-state index in [4.69, 9.17) is 0 Å². The molecule has 1 aromatic rings. The van der Waals surface area contributed by atoms with Gasteiger partial charge >= 0.3 is 5.97 Å². The number of imide groups is 1. The Labute approximate surface area is 135 Å². The van der Waals surface area contributed by atoms with E-state index >= 15 is 0 Å². The molecular weight excluding hydrogens is 320 g/mol. The predicted octanol–water partition coefficient (Wildman–Crippen LogP) is -0.0249. The Bertz CT molecular complexity index is 802. The van der Waals surface area contributed by atoms with Crippen molar-refractivity contribution in [3.63, 3.8) is 0 Å². The summed E-state index contributed by atoms with van der Waals surface area (Å²) < 4.78 is 4.59. The summed E-state index contributed by atoms with van der Waals surface area (Å²) in [4.78, 5) is 48.1. The van der Waals surface area contributed by atoms with E-state index in [-0.39, 0.29) is 17.1 Å². The van der Waals surface area contributed by atoms with Crippen molar-refractivity contribution in [3.8, 4) is 0 Å². The number of esters is 1. The molecule has 2 atom stereocenters. The van der Waals surface area contributed by atoms with Crippen LogP contribution in [0.5, 0.6) is 0 Å². The van der Waals surface area contributed by atoms with Crippen LogP contribution < -0.4 is 10.3 Å². The van der Waals surface area contributed by atoms with E-state index < -0.39 is 34.2 Å². The maximum atomic E-state index is 12.7. The number of rotatable bonds is 3. The highest BCUT2D eigenvalue weighted by Gasteiger charge is 2.63. The number of hydrogen-bond acceptors (Lipinski definition) is 8. The number of hydrazone groups is 1. The van der Waals surface area contributed by atoms with Crippen LogP contribution >= 0.6 is 0 Å². The molecule has 2 amide bonds. The van der Waals surface area contributed by atoms with Gasteiger partial charge < -0.3 is 4.74 Å². The molecule has 124 valence electrons. The highest BCUT2D eigenvalue weighted by molar-refractivity contribution is 6.47. The number of amides is 2. The first-order valence-corrected chi connectivity index (χ1v) is 6.87. The Morgan fingerprint density at radius 1 is 1.38 bits per heavy atom. The van der Waals surface area contributed by atoms with Crippen molar-refractivity contribution in [2.45, 2.75) is 12.5 Å². The second-order valence-corrected chi connectivity index (χ2v) is 5.49. The van der Waals surface area contributed by atoms with Crippen LogP contribution in [0, 0.1) is 16.0 Å². The number of anilines is 1. The van der Waals surface area contributed by atoms with Crippen LogP contribution in [0.4, 0.5) is 11.4 Å². The van der Waals surface area contributed by atoms with Gasteiger partial charge in [-0.15, -0.1) is 0 Å². The molecule has 10 heteroatoms. The van der Waals surface area contributed by atoms with Crippen molar-refractivity contribution in [2.75, 3.05) is 12.0 Å². The molecule has 3 rings (SSSR count). The maximum Gasteiger partial charge on any atom is 0.355 e. The minimum absolute atomic E-state index is 0.167. The quantitative estimate of drug-likeness (QED) is 0.356. The number of nitro benzene ring substituents is 1. The lowest BCUT2D eigenvalue weighted by Gasteiger charge is -2.20. The number of carbonyl (C=O) groups is 3. The first-order chi connectivity index (χ1) is 11.3. The van der Waals surface area contributed by atoms with Crippen LogP contribution in [0.1, 0.15) is 6.92 Å². The monoisotopic (exact) mass is 332 g/mol. The van der Waals surface area contributed by atoms with Gasteiger partial charge in [-0.3, -0.25) is 25.1 Å². The number of nitro groups is 1. The van der Waals surface area contributed by atoms with Crippen LogP contribution in [0.15, 0.2) is 29.4 Å². The average molecular weight is 332 g/mol. The molecule has 0 aliphatic carbocycles. The molecular formula is C14H12N4O6. The fourth-order valence-electron chi connectivity index (χ4n) is 2.81. The predicted molar refractivity (Wildman–Crippen MR) is 80.1 cm³/mol. The number of methoxy groups -OCH3 is 1. The van der Waals surface area contributed by atoms with E-state index in [0.29, 0.717) is 0 Å². The van der Waals surface area contributed by atoms with Gasteiger partial charge in [-0.2, -0.15) is 5.10 Å². The Hall–Kier alpha value is -3.30. The highest BCUT2D eigenvalue weighted by Crippen LogP contribution is 2.38. The number of nitrogens with one attached hydrogen (secondary N) is 1. The van der Waals surface area contributed by atoms with Crippen LogP contribution in [0.25, 0.3) is 0 Å². The fourth-order valence-corrected chi connectivity index (χ4v) is 2.81. The van der Waals surface area contributed by atoms with Gasteiger partial charge in [0.15, 0.2) is 5.71 Å². The standard InChI is InChI=1S/C14H12N4O6/c1-14-9(10(15-16-14)12(20)24-2)11(19)17(13(14)21)7-3-5-8(6-4-7)18(22)23/h3-6,9,16H,1-2H3. The Morgan fingerprint density at radius 3 is 2.54 bits per heavy atom. The molecule has 0 spiro atoms. The molecule has 1 N–H and O–H groups in total. The molecule has 2 unspecified atom stereocenters. The zero-order valence-electron chi connectivity index (χ0n) is 12.7. The lowest BCUT2D eigenvalue weighted by atomic mass is 9.86. The summed E-state index contributed by atoms with van der Waals surface area (Å²) in [7, 11) is 1.15. The first kappa shape index (κ1) is 15.6. The molecule has 2 heterocycles.